The molecule has 0 spiro atoms. The summed E-state index contributed by atoms with van der Waals surface area (Å²) in [4.78, 5) is 2.55. The molecule has 0 bridgehead atoms. The lowest BCUT2D eigenvalue weighted by atomic mass is 9.83. The van der Waals surface area contributed by atoms with E-state index in [1.807, 2.05) is 0 Å². The fourth-order valence-electron chi connectivity index (χ4n) is 2.88. The lowest BCUT2D eigenvalue weighted by Gasteiger charge is -2.37. The normalized spacial score (nSPS) is 32.3. The van der Waals surface area contributed by atoms with E-state index in [4.69, 9.17) is 5.26 Å². The summed E-state index contributed by atoms with van der Waals surface area (Å²) in [6, 6.07) is 3.17. The Balaban J connectivity index is 1.72. The average Bonchev–Trinajstić information content (AvgIpc) is 2.23. The Hall–Kier alpha value is -0.550. The van der Waals surface area contributed by atoms with Crippen molar-refractivity contribution in [3.8, 4) is 6.07 Å². The van der Waals surface area contributed by atoms with E-state index in [-0.39, 0.29) is 0 Å². The van der Waals surface area contributed by atoms with Gasteiger partial charge in [0.05, 0.1) is 6.07 Å². The minimum atomic E-state index is 0.346. The largest absolute Gasteiger partial charge is 0.303 e. The number of rotatable bonds is 3. The highest BCUT2D eigenvalue weighted by Gasteiger charge is 2.26. The molecule has 2 fully saturated rings. The van der Waals surface area contributed by atoms with E-state index in [9.17, 15) is 0 Å². The Morgan fingerprint density at radius 3 is 2.27 bits per heavy atom. The zero-order valence-electron chi connectivity index (χ0n) is 9.78. The monoisotopic (exact) mass is 206 g/mol. The molecule has 2 heteroatoms. The Morgan fingerprint density at radius 1 is 1.13 bits per heavy atom. The first kappa shape index (κ1) is 11.0. The first-order chi connectivity index (χ1) is 7.29. The average molecular weight is 206 g/mol. The summed E-state index contributed by atoms with van der Waals surface area (Å²) < 4.78 is 0. The number of nitrogens with zero attached hydrogens (tertiary/aromatic N) is 2. The standard InChI is InChI=1S/C13H22N2/c1-15(10-12-3-2-4-12)13-7-5-11(9-14)6-8-13/h11-13H,2-8,10H2,1H3. The molecule has 84 valence electrons. The number of hydrogen-bond acceptors (Lipinski definition) is 2. The third-order valence-corrected chi connectivity index (χ3v) is 4.27. The molecular formula is C13H22N2. The molecule has 0 unspecified atom stereocenters. The molecule has 15 heavy (non-hydrogen) atoms. The quantitative estimate of drug-likeness (QED) is 0.710. The third-order valence-electron chi connectivity index (χ3n) is 4.27. The van der Waals surface area contributed by atoms with Gasteiger partial charge in [-0.25, -0.2) is 0 Å². The zero-order valence-corrected chi connectivity index (χ0v) is 9.78. The molecule has 0 aromatic rings. The summed E-state index contributed by atoms with van der Waals surface area (Å²) in [6.45, 7) is 1.29. The summed E-state index contributed by atoms with van der Waals surface area (Å²) in [5.41, 5.74) is 0. The van der Waals surface area contributed by atoms with Gasteiger partial charge in [-0.3, -0.25) is 0 Å². The van der Waals surface area contributed by atoms with Gasteiger partial charge in [0.25, 0.3) is 0 Å². The van der Waals surface area contributed by atoms with Crippen molar-refractivity contribution in [1.82, 2.24) is 4.90 Å². The van der Waals surface area contributed by atoms with Gasteiger partial charge >= 0.3 is 0 Å². The van der Waals surface area contributed by atoms with E-state index in [2.05, 4.69) is 18.0 Å². The highest BCUT2D eigenvalue weighted by atomic mass is 15.1. The van der Waals surface area contributed by atoms with Crippen LogP contribution in [0.2, 0.25) is 0 Å². The first-order valence-electron chi connectivity index (χ1n) is 6.39. The molecule has 0 saturated heterocycles. The van der Waals surface area contributed by atoms with Crippen molar-refractivity contribution in [2.75, 3.05) is 13.6 Å². The van der Waals surface area contributed by atoms with Gasteiger partial charge in [-0.15, -0.1) is 0 Å². The molecule has 0 radical (unpaired) electrons. The molecule has 2 aliphatic rings. The predicted molar refractivity (Wildman–Crippen MR) is 61.3 cm³/mol. The van der Waals surface area contributed by atoms with Crippen LogP contribution in [0.25, 0.3) is 0 Å². The molecule has 2 aliphatic carbocycles. The van der Waals surface area contributed by atoms with Crippen LogP contribution in [0.1, 0.15) is 44.9 Å². The molecule has 0 aromatic carbocycles. The lowest BCUT2D eigenvalue weighted by molar-refractivity contribution is 0.128. The van der Waals surface area contributed by atoms with Crippen LogP contribution in [0.3, 0.4) is 0 Å². The van der Waals surface area contributed by atoms with Crippen LogP contribution in [0.5, 0.6) is 0 Å². The molecule has 2 nitrogen and oxygen atoms in total. The SMILES string of the molecule is CN(CC1CCC1)C1CCC(C#N)CC1. The molecule has 0 atom stereocenters. The second-order valence-electron chi connectivity index (χ2n) is 5.37. The summed E-state index contributed by atoms with van der Waals surface area (Å²) in [5.74, 6) is 1.32. The van der Waals surface area contributed by atoms with Crippen molar-refractivity contribution in [2.45, 2.75) is 51.0 Å². The van der Waals surface area contributed by atoms with Crippen molar-refractivity contribution >= 4 is 0 Å². The van der Waals surface area contributed by atoms with Crippen LogP contribution in [0, 0.1) is 23.2 Å². The van der Waals surface area contributed by atoms with E-state index in [1.165, 1.54) is 38.6 Å². The highest BCUT2D eigenvalue weighted by Crippen LogP contribution is 2.30. The van der Waals surface area contributed by atoms with E-state index in [0.717, 1.165) is 24.8 Å². The summed E-state index contributed by atoms with van der Waals surface area (Å²) in [6.07, 6.45) is 9.05. The van der Waals surface area contributed by atoms with Crippen molar-refractivity contribution in [3.63, 3.8) is 0 Å². The van der Waals surface area contributed by atoms with Crippen LogP contribution in [0.4, 0.5) is 0 Å². The molecule has 0 aromatic heterocycles. The Morgan fingerprint density at radius 2 is 1.80 bits per heavy atom. The molecule has 0 amide bonds. The Labute approximate surface area is 93.3 Å². The van der Waals surface area contributed by atoms with Gasteiger partial charge in [-0.1, -0.05) is 6.42 Å². The van der Waals surface area contributed by atoms with E-state index >= 15 is 0 Å². The van der Waals surface area contributed by atoms with Crippen LogP contribution < -0.4 is 0 Å². The van der Waals surface area contributed by atoms with E-state index in [1.54, 1.807) is 0 Å². The molecule has 0 aliphatic heterocycles. The molecule has 2 rings (SSSR count). The maximum atomic E-state index is 8.84. The lowest BCUT2D eigenvalue weighted by Crippen LogP contribution is -2.39. The van der Waals surface area contributed by atoms with Gasteiger partial charge in [0.2, 0.25) is 0 Å². The summed E-state index contributed by atoms with van der Waals surface area (Å²) in [7, 11) is 2.27. The number of nitriles is 1. The van der Waals surface area contributed by atoms with E-state index in [0.29, 0.717) is 5.92 Å². The smallest absolute Gasteiger partial charge is 0.0655 e. The van der Waals surface area contributed by atoms with Gasteiger partial charge in [0.15, 0.2) is 0 Å². The van der Waals surface area contributed by atoms with E-state index < -0.39 is 0 Å². The highest BCUT2D eigenvalue weighted by molar-refractivity contribution is 4.89. The number of hydrogen-bond donors (Lipinski definition) is 0. The van der Waals surface area contributed by atoms with Crippen LogP contribution in [-0.4, -0.2) is 24.5 Å². The van der Waals surface area contributed by atoms with Crippen molar-refractivity contribution in [1.29, 1.82) is 5.26 Å². The Kier molecular flexibility index (Phi) is 3.64. The van der Waals surface area contributed by atoms with Crippen molar-refractivity contribution in [3.05, 3.63) is 0 Å². The van der Waals surface area contributed by atoms with Crippen LogP contribution >= 0.6 is 0 Å². The van der Waals surface area contributed by atoms with Gasteiger partial charge in [0.1, 0.15) is 0 Å². The van der Waals surface area contributed by atoms with Gasteiger partial charge in [-0.2, -0.15) is 5.26 Å². The molecule has 0 heterocycles. The maximum absolute atomic E-state index is 8.84. The topological polar surface area (TPSA) is 27.0 Å². The predicted octanol–water partition coefficient (Wildman–Crippen LogP) is 2.80. The molecular weight excluding hydrogens is 184 g/mol. The maximum Gasteiger partial charge on any atom is 0.0655 e. The second kappa shape index (κ2) is 4.99. The van der Waals surface area contributed by atoms with Gasteiger partial charge < -0.3 is 4.90 Å². The molecule has 0 N–H and O–H groups in total. The summed E-state index contributed by atoms with van der Waals surface area (Å²) in [5, 5.41) is 8.84. The van der Waals surface area contributed by atoms with Crippen molar-refractivity contribution < 1.29 is 0 Å². The van der Waals surface area contributed by atoms with Crippen LogP contribution in [0.15, 0.2) is 0 Å². The summed E-state index contributed by atoms with van der Waals surface area (Å²) >= 11 is 0. The van der Waals surface area contributed by atoms with Crippen molar-refractivity contribution in [2.24, 2.45) is 11.8 Å². The van der Waals surface area contributed by atoms with Gasteiger partial charge in [0, 0.05) is 18.5 Å². The second-order valence-corrected chi connectivity index (χ2v) is 5.37. The first-order valence-corrected chi connectivity index (χ1v) is 6.39. The Bertz CT molecular complexity index is 231. The minimum absolute atomic E-state index is 0.346. The fourth-order valence-corrected chi connectivity index (χ4v) is 2.88. The minimum Gasteiger partial charge on any atom is -0.303 e. The molecule has 2 saturated carbocycles. The van der Waals surface area contributed by atoms with Gasteiger partial charge in [-0.05, 0) is 51.5 Å². The zero-order chi connectivity index (χ0) is 10.7. The van der Waals surface area contributed by atoms with Crippen LogP contribution in [-0.2, 0) is 0 Å². The fraction of sp³-hybridized carbons (Fsp3) is 0.923. The third kappa shape index (κ3) is 2.72.